The molecular formula is C27H39Y-. The van der Waals surface area contributed by atoms with Crippen molar-refractivity contribution in [2.75, 3.05) is 0 Å². The second kappa shape index (κ2) is 12.8. The van der Waals surface area contributed by atoms with Crippen molar-refractivity contribution in [3.63, 3.8) is 0 Å². The molecule has 28 heavy (non-hydrogen) atoms. The van der Waals surface area contributed by atoms with Gasteiger partial charge in [0.15, 0.2) is 0 Å². The predicted octanol–water partition coefficient (Wildman–Crippen LogP) is 8.15. The molecule has 0 aliphatic heterocycles. The quantitative estimate of drug-likeness (QED) is 0.246. The Morgan fingerprint density at radius 3 is 2.32 bits per heavy atom. The summed E-state index contributed by atoms with van der Waals surface area (Å²) in [4.78, 5) is 0. The van der Waals surface area contributed by atoms with Crippen molar-refractivity contribution in [1.29, 1.82) is 0 Å². The first-order valence-corrected chi connectivity index (χ1v) is 10.7. The van der Waals surface area contributed by atoms with Crippen LogP contribution < -0.4 is 0 Å². The van der Waals surface area contributed by atoms with E-state index in [4.69, 9.17) is 0 Å². The van der Waals surface area contributed by atoms with E-state index >= 15 is 0 Å². The zero-order valence-electron chi connectivity index (χ0n) is 19.6. The maximum absolute atomic E-state index is 4.41. The van der Waals surface area contributed by atoms with Crippen LogP contribution in [-0.2, 0) is 32.7 Å². The van der Waals surface area contributed by atoms with Crippen LogP contribution in [0.2, 0.25) is 0 Å². The first-order chi connectivity index (χ1) is 12.8. The Kier molecular flexibility index (Phi) is 12.5. The Hall–Kier alpha value is -0.636. The summed E-state index contributed by atoms with van der Waals surface area (Å²) < 4.78 is 0. The van der Waals surface area contributed by atoms with Gasteiger partial charge in [-0.05, 0) is 50.4 Å². The predicted molar refractivity (Wildman–Crippen MR) is 122 cm³/mol. The summed E-state index contributed by atoms with van der Waals surface area (Å²) in [7, 11) is 0. The molecule has 0 unspecified atom stereocenters. The molecule has 0 amide bonds. The third-order valence-corrected chi connectivity index (χ3v) is 6.10. The average Bonchev–Trinajstić information content (AvgIpc) is 2.67. The Morgan fingerprint density at radius 2 is 1.86 bits per heavy atom. The van der Waals surface area contributed by atoms with Crippen molar-refractivity contribution in [3.05, 3.63) is 52.6 Å². The standard InChI is InChI=1S/C25H33.C2H6.Y/c1-8-10-22-11-12-23(20(5)17-22)24(19(4)9-2)21(6)25(7)15-13-18(3)14-16-25;1-2;/h11,17-18H,4,9,13-16H2,1-3,5-7H3;1-2H3;/q-1;;/b24-21+;;. The molecule has 0 heterocycles. The van der Waals surface area contributed by atoms with Crippen LogP contribution in [-0.4, -0.2) is 0 Å². The van der Waals surface area contributed by atoms with Crippen LogP contribution >= 0.6 is 0 Å². The number of hydrogen-bond donors (Lipinski definition) is 0. The molecule has 1 aromatic carbocycles. The fourth-order valence-electron chi connectivity index (χ4n) is 3.98. The van der Waals surface area contributed by atoms with E-state index in [1.165, 1.54) is 53.5 Å². The summed E-state index contributed by atoms with van der Waals surface area (Å²) in [5.41, 5.74) is 7.85. The molecule has 0 bridgehead atoms. The molecule has 0 N–H and O–H groups in total. The van der Waals surface area contributed by atoms with Gasteiger partial charge in [-0.1, -0.05) is 65.2 Å². The van der Waals surface area contributed by atoms with Crippen molar-refractivity contribution in [2.45, 2.75) is 87.5 Å². The second-order valence-electron chi connectivity index (χ2n) is 8.02. The summed E-state index contributed by atoms with van der Waals surface area (Å²) in [5.74, 6) is 6.98. The van der Waals surface area contributed by atoms with Crippen LogP contribution in [0.1, 0.15) is 97.3 Å². The molecule has 1 radical (unpaired) electrons. The van der Waals surface area contributed by atoms with Crippen molar-refractivity contribution >= 4 is 5.57 Å². The van der Waals surface area contributed by atoms with Crippen LogP contribution in [0.4, 0.5) is 0 Å². The van der Waals surface area contributed by atoms with Crippen LogP contribution in [0.25, 0.3) is 5.57 Å². The van der Waals surface area contributed by atoms with E-state index < -0.39 is 0 Å². The van der Waals surface area contributed by atoms with E-state index in [1.54, 1.807) is 0 Å². The van der Waals surface area contributed by atoms with E-state index in [2.05, 4.69) is 65.2 Å². The van der Waals surface area contributed by atoms with E-state index in [9.17, 15) is 0 Å². The Bertz CT molecular complexity index is 731. The van der Waals surface area contributed by atoms with Gasteiger partial charge >= 0.3 is 0 Å². The number of aryl methyl sites for hydroxylation is 1. The van der Waals surface area contributed by atoms with E-state index in [-0.39, 0.29) is 38.1 Å². The molecule has 151 valence electrons. The molecule has 0 spiro atoms. The summed E-state index contributed by atoms with van der Waals surface area (Å²) >= 11 is 0. The molecule has 0 aromatic heterocycles. The first-order valence-electron chi connectivity index (χ1n) is 10.7. The molecular weight excluding hydrogens is 413 g/mol. The van der Waals surface area contributed by atoms with Gasteiger partial charge in [0.25, 0.3) is 0 Å². The third-order valence-electron chi connectivity index (χ3n) is 6.10. The molecule has 1 aliphatic carbocycles. The molecule has 1 heteroatoms. The average molecular weight is 453 g/mol. The van der Waals surface area contributed by atoms with E-state index in [0.29, 0.717) is 0 Å². The fraction of sp³-hybridized carbons (Fsp3) is 0.556. The number of benzene rings is 1. The molecule has 2 rings (SSSR count). The van der Waals surface area contributed by atoms with Crippen LogP contribution in [0.5, 0.6) is 0 Å². The van der Waals surface area contributed by atoms with Crippen molar-refractivity contribution in [1.82, 2.24) is 0 Å². The second-order valence-corrected chi connectivity index (χ2v) is 8.02. The molecule has 1 aromatic rings. The zero-order valence-corrected chi connectivity index (χ0v) is 22.4. The molecule has 1 fully saturated rings. The summed E-state index contributed by atoms with van der Waals surface area (Å²) in [5, 5.41) is 0. The van der Waals surface area contributed by atoms with Gasteiger partial charge in [0.2, 0.25) is 0 Å². The molecule has 0 nitrogen and oxygen atoms in total. The maximum atomic E-state index is 4.41. The topological polar surface area (TPSA) is 0 Å². The third kappa shape index (κ3) is 6.71. The van der Waals surface area contributed by atoms with Gasteiger partial charge < -0.3 is 0 Å². The van der Waals surface area contributed by atoms with Gasteiger partial charge in [-0.2, -0.15) is 0 Å². The van der Waals surface area contributed by atoms with E-state index in [1.807, 2.05) is 26.8 Å². The summed E-state index contributed by atoms with van der Waals surface area (Å²) in [6.45, 7) is 21.8. The van der Waals surface area contributed by atoms with Gasteiger partial charge in [-0.3, -0.25) is 0 Å². The molecule has 0 saturated heterocycles. The van der Waals surface area contributed by atoms with Gasteiger partial charge in [0.1, 0.15) is 0 Å². The number of rotatable bonds is 4. The molecule has 0 atom stereocenters. The Morgan fingerprint density at radius 1 is 1.29 bits per heavy atom. The minimum absolute atomic E-state index is 0. The monoisotopic (exact) mass is 452 g/mol. The number of hydrogen-bond acceptors (Lipinski definition) is 0. The van der Waals surface area contributed by atoms with Crippen molar-refractivity contribution in [2.24, 2.45) is 11.3 Å². The molecule has 1 saturated carbocycles. The minimum atomic E-state index is 0. The van der Waals surface area contributed by atoms with Gasteiger partial charge in [0.05, 0.1) is 0 Å². The van der Waals surface area contributed by atoms with Crippen molar-refractivity contribution < 1.29 is 32.7 Å². The van der Waals surface area contributed by atoms with Gasteiger partial charge in [0, 0.05) is 32.7 Å². The van der Waals surface area contributed by atoms with Crippen LogP contribution in [0, 0.1) is 36.2 Å². The number of allylic oxidation sites excluding steroid dienone is 3. The van der Waals surface area contributed by atoms with Gasteiger partial charge in [-0.25, -0.2) is 0 Å². The van der Waals surface area contributed by atoms with E-state index in [0.717, 1.165) is 17.9 Å². The SMILES string of the molecule is C=C(CC)/C(=C(/C)C1(C)CCC(C)CC1)c1[c-]cc(C#CC)cc1C.CC.[Y]. The molecule has 1 aliphatic rings. The van der Waals surface area contributed by atoms with Gasteiger partial charge in [-0.15, -0.1) is 53.3 Å². The maximum Gasteiger partial charge on any atom is 0 e. The summed E-state index contributed by atoms with van der Waals surface area (Å²) in [6.07, 6.45) is 6.18. The summed E-state index contributed by atoms with van der Waals surface area (Å²) in [6, 6.07) is 7.74. The minimum Gasteiger partial charge on any atom is -0.142 e. The van der Waals surface area contributed by atoms with Crippen molar-refractivity contribution in [3.8, 4) is 11.8 Å². The first kappa shape index (κ1) is 27.4. The smallest absolute Gasteiger partial charge is 0 e. The Labute approximate surface area is 200 Å². The Balaban J connectivity index is 0.00000235. The van der Waals surface area contributed by atoms with Crippen LogP contribution in [0.3, 0.4) is 0 Å². The zero-order chi connectivity index (χ0) is 20.6. The fourth-order valence-corrected chi connectivity index (χ4v) is 3.98. The normalized spacial score (nSPS) is 21.8. The van der Waals surface area contributed by atoms with Crippen LogP contribution in [0.15, 0.2) is 29.9 Å². The largest absolute Gasteiger partial charge is 0.142 e.